The Morgan fingerprint density at radius 3 is 2.59 bits per heavy atom. The van der Waals surface area contributed by atoms with Crippen LogP contribution in [0.5, 0.6) is 11.5 Å². The van der Waals surface area contributed by atoms with Gasteiger partial charge in [0.2, 0.25) is 0 Å². The van der Waals surface area contributed by atoms with Crippen molar-refractivity contribution in [2.24, 2.45) is 10.8 Å². The number of aryl methyl sites for hydroxylation is 2. The lowest BCUT2D eigenvalue weighted by atomic mass is 10.1. The Balaban J connectivity index is 1.66. The lowest BCUT2D eigenvalue weighted by Gasteiger charge is -2.08. The number of fused-ring (bicyclic) bond motifs is 1. The molecule has 3 N–H and O–H groups in total. The van der Waals surface area contributed by atoms with Crippen molar-refractivity contribution in [1.82, 2.24) is 5.43 Å². The summed E-state index contributed by atoms with van der Waals surface area (Å²) in [7, 11) is 0. The molecule has 3 rings (SSSR count). The molecule has 1 aliphatic rings. The fourth-order valence-electron chi connectivity index (χ4n) is 2.54. The number of amides is 2. The molecule has 0 heterocycles. The average Bonchev–Trinajstić information content (AvgIpc) is 2.96. The predicted octanol–water partition coefficient (Wildman–Crippen LogP) is 2.97. The van der Waals surface area contributed by atoms with E-state index in [1.165, 1.54) is 30.2 Å². The molecule has 0 fully saturated rings. The molecule has 0 saturated heterocycles. The summed E-state index contributed by atoms with van der Waals surface area (Å²) >= 11 is 0. The van der Waals surface area contributed by atoms with Crippen LogP contribution in [0.1, 0.15) is 23.1 Å². The molecule has 22 heavy (non-hydrogen) atoms. The molecular formula is C17H17N3O2. The summed E-state index contributed by atoms with van der Waals surface area (Å²) < 4.78 is 5.87. The molecule has 0 atom stereocenters. The number of nitrogens with one attached hydrogen (secondary N) is 1. The Bertz CT molecular complexity index is 708. The molecule has 1 aliphatic carbocycles. The Morgan fingerprint density at radius 2 is 1.82 bits per heavy atom. The van der Waals surface area contributed by atoms with Gasteiger partial charge in [-0.2, -0.15) is 5.10 Å². The van der Waals surface area contributed by atoms with Crippen LogP contribution in [-0.2, 0) is 12.8 Å². The van der Waals surface area contributed by atoms with Crippen molar-refractivity contribution in [3.05, 3.63) is 59.2 Å². The fourth-order valence-corrected chi connectivity index (χ4v) is 2.54. The third-order valence-electron chi connectivity index (χ3n) is 3.57. The zero-order valence-electron chi connectivity index (χ0n) is 12.1. The summed E-state index contributed by atoms with van der Waals surface area (Å²) in [4.78, 5) is 10.5. The van der Waals surface area contributed by atoms with Crippen molar-refractivity contribution < 1.29 is 9.53 Å². The highest BCUT2D eigenvalue weighted by Gasteiger charge is 2.11. The largest absolute Gasteiger partial charge is 0.457 e. The van der Waals surface area contributed by atoms with Crippen LogP contribution in [0.2, 0.25) is 0 Å². The van der Waals surface area contributed by atoms with Gasteiger partial charge in [-0.05, 0) is 72.4 Å². The van der Waals surface area contributed by atoms with Gasteiger partial charge in [0.05, 0.1) is 6.21 Å². The lowest BCUT2D eigenvalue weighted by molar-refractivity contribution is 0.249. The van der Waals surface area contributed by atoms with E-state index in [1.54, 1.807) is 0 Å². The van der Waals surface area contributed by atoms with Gasteiger partial charge in [-0.1, -0.05) is 6.07 Å². The second-order valence-electron chi connectivity index (χ2n) is 5.19. The first kappa shape index (κ1) is 14.1. The van der Waals surface area contributed by atoms with Crippen LogP contribution in [-0.4, -0.2) is 12.2 Å². The fraction of sp³-hybridized carbons (Fsp3) is 0.176. The summed E-state index contributed by atoms with van der Waals surface area (Å²) in [6, 6.07) is 13.0. The van der Waals surface area contributed by atoms with Crippen LogP contribution in [0.4, 0.5) is 4.79 Å². The summed E-state index contributed by atoms with van der Waals surface area (Å²) in [6.07, 6.45) is 5.05. The minimum Gasteiger partial charge on any atom is -0.457 e. The molecular weight excluding hydrogens is 278 g/mol. The topological polar surface area (TPSA) is 76.7 Å². The summed E-state index contributed by atoms with van der Waals surface area (Å²) in [5.41, 5.74) is 10.7. The first-order chi connectivity index (χ1) is 10.7. The monoisotopic (exact) mass is 295 g/mol. The van der Waals surface area contributed by atoms with E-state index in [-0.39, 0.29) is 0 Å². The number of nitrogens with two attached hydrogens (primary N) is 1. The molecule has 2 aromatic carbocycles. The molecule has 2 amide bonds. The van der Waals surface area contributed by atoms with Gasteiger partial charge in [-0.25, -0.2) is 10.2 Å². The van der Waals surface area contributed by atoms with Crippen molar-refractivity contribution in [3.63, 3.8) is 0 Å². The Labute approximate surface area is 128 Å². The summed E-state index contributed by atoms with van der Waals surface area (Å²) in [5, 5.41) is 3.70. The van der Waals surface area contributed by atoms with Crippen molar-refractivity contribution in [1.29, 1.82) is 0 Å². The predicted molar refractivity (Wildman–Crippen MR) is 85.3 cm³/mol. The van der Waals surface area contributed by atoms with E-state index in [0.717, 1.165) is 23.5 Å². The zero-order valence-corrected chi connectivity index (χ0v) is 12.1. The average molecular weight is 295 g/mol. The van der Waals surface area contributed by atoms with Gasteiger partial charge < -0.3 is 10.5 Å². The van der Waals surface area contributed by atoms with Crippen molar-refractivity contribution in [3.8, 4) is 11.5 Å². The highest BCUT2D eigenvalue weighted by molar-refractivity contribution is 5.81. The SMILES string of the molecule is NC(=O)NN=Cc1ccc(Oc2ccc3c(c2)CCC3)cc1. The van der Waals surface area contributed by atoms with Crippen molar-refractivity contribution in [2.75, 3.05) is 0 Å². The highest BCUT2D eigenvalue weighted by Crippen LogP contribution is 2.28. The van der Waals surface area contributed by atoms with E-state index < -0.39 is 6.03 Å². The molecule has 0 radical (unpaired) electrons. The Hall–Kier alpha value is -2.82. The number of primary amides is 1. The second-order valence-corrected chi connectivity index (χ2v) is 5.19. The standard InChI is InChI=1S/C17H17N3O2/c18-17(21)20-19-11-12-4-7-15(8-5-12)22-16-9-6-13-2-1-3-14(13)10-16/h4-11H,1-3H2,(H3,18,20,21). The van der Waals surface area contributed by atoms with Crippen molar-refractivity contribution >= 4 is 12.2 Å². The summed E-state index contributed by atoms with van der Waals surface area (Å²) in [5.74, 6) is 1.62. The first-order valence-electron chi connectivity index (χ1n) is 7.19. The number of benzene rings is 2. The maximum atomic E-state index is 10.5. The molecule has 0 saturated carbocycles. The van der Waals surface area contributed by atoms with Crippen LogP contribution in [0.3, 0.4) is 0 Å². The number of hydrogen-bond acceptors (Lipinski definition) is 3. The summed E-state index contributed by atoms with van der Waals surface area (Å²) in [6.45, 7) is 0. The molecule has 2 aromatic rings. The third-order valence-corrected chi connectivity index (χ3v) is 3.57. The van der Waals surface area contributed by atoms with Gasteiger partial charge in [0.25, 0.3) is 0 Å². The highest BCUT2D eigenvalue weighted by atomic mass is 16.5. The van der Waals surface area contributed by atoms with Gasteiger partial charge >= 0.3 is 6.03 Å². The minimum atomic E-state index is -0.687. The van der Waals surface area contributed by atoms with Gasteiger partial charge in [-0.15, -0.1) is 0 Å². The van der Waals surface area contributed by atoms with Crippen LogP contribution in [0, 0.1) is 0 Å². The lowest BCUT2D eigenvalue weighted by Crippen LogP contribution is -2.24. The van der Waals surface area contributed by atoms with E-state index >= 15 is 0 Å². The van der Waals surface area contributed by atoms with Crippen LogP contribution in [0.15, 0.2) is 47.6 Å². The Morgan fingerprint density at radius 1 is 1.09 bits per heavy atom. The Kier molecular flexibility index (Phi) is 4.05. The normalized spacial score (nSPS) is 13.1. The molecule has 0 aromatic heterocycles. The van der Waals surface area contributed by atoms with E-state index in [4.69, 9.17) is 10.5 Å². The van der Waals surface area contributed by atoms with Gasteiger partial charge in [0, 0.05) is 0 Å². The molecule has 0 aliphatic heterocycles. The number of ether oxygens (including phenoxy) is 1. The molecule has 0 spiro atoms. The van der Waals surface area contributed by atoms with Gasteiger partial charge in [0.15, 0.2) is 0 Å². The smallest absolute Gasteiger partial charge is 0.332 e. The third kappa shape index (κ3) is 3.44. The maximum absolute atomic E-state index is 10.5. The number of rotatable bonds is 4. The number of hydrogen-bond donors (Lipinski definition) is 2. The second kappa shape index (κ2) is 6.30. The van der Waals surface area contributed by atoms with Gasteiger partial charge in [0.1, 0.15) is 11.5 Å². The number of hydrazone groups is 1. The number of carbonyl (C=O) groups is 1. The van der Waals surface area contributed by atoms with E-state index in [0.29, 0.717) is 0 Å². The van der Waals surface area contributed by atoms with Crippen molar-refractivity contribution in [2.45, 2.75) is 19.3 Å². The number of carbonyl (C=O) groups excluding carboxylic acids is 1. The molecule has 5 heteroatoms. The first-order valence-corrected chi connectivity index (χ1v) is 7.19. The van der Waals surface area contributed by atoms with E-state index in [2.05, 4.69) is 22.7 Å². The van der Waals surface area contributed by atoms with E-state index in [1.807, 2.05) is 30.3 Å². The molecule has 112 valence electrons. The molecule has 0 bridgehead atoms. The van der Waals surface area contributed by atoms with Crippen LogP contribution >= 0.6 is 0 Å². The van der Waals surface area contributed by atoms with Crippen LogP contribution in [0.25, 0.3) is 0 Å². The van der Waals surface area contributed by atoms with Gasteiger partial charge in [-0.3, -0.25) is 0 Å². The minimum absolute atomic E-state index is 0.687. The number of urea groups is 1. The maximum Gasteiger partial charge on any atom is 0.332 e. The quantitative estimate of drug-likeness (QED) is 0.672. The number of nitrogens with zero attached hydrogens (tertiary/aromatic N) is 1. The van der Waals surface area contributed by atoms with Crippen LogP contribution < -0.4 is 15.9 Å². The molecule has 0 unspecified atom stereocenters. The zero-order chi connectivity index (χ0) is 15.4. The molecule has 5 nitrogen and oxygen atoms in total. The van der Waals surface area contributed by atoms with E-state index in [9.17, 15) is 4.79 Å².